The van der Waals surface area contributed by atoms with Crippen molar-refractivity contribution in [2.75, 3.05) is 24.5 Å². The lowest BCUT2D eigenvalue weighted by Crippen LogP contribution is -2.32. The van der Waals surface area contributed by atoms with Crippen LogP contribution in [0.1, 0.15) is 18.0 Å². The Kier molecular flexibility index (Phi) is 4.56. The van der Waals surface area contributed by atoms with Gasteiger partial charge in [0.1, 0.15) is 5.82 Å². The molecule has 0 radical (unpaired) electrons. The van der Waals surface area contributed by atoms with Crippen LogP contribution in [0.2, 0.25) is 0 Å². The van der Waals surface area contributed by atoms with Gasteiger partial charge in [0, 0.05) is 23.6 Å². The topological polar surface area (TPSA) is 15.3 Å². The first-order chi connectivity index (χ1) is 10.3. The number of nitrogens with one attached hydrogen (secondary N) is 1. The lowest BCUT2D eigenvalue weighted by molar-refractivity contribution is 0.564. The summed E-state index contributed by atoms with van der Waals surface area (Å²) < 4.78 is 15.0. The number of halogens is 2. The van der Waals surface area contributed by atoms with Gasteiger partial charge in [0.05, 0.1) is 5.69 Å². The lowest BCUT2D eigenvalue weighted by atomic mass is 10.1. The van der Waals surface area contributed by atoms with E-state index in [9.17, 15) is 4.39 Å². The maximum absolute atomic E-state index is 14.2. The molecule has 0 aliphatic carbocycles. The van der Waals surface area contributed by atoms with E-state index >= 15 is 0 Å². The van der Waals surface area contributed by atoms with E-state index in [0.717, 1.165) is 30.5 Å². The first kappa shape index (κ1) is 14.5. The van der Waals surface area contributed by atoms with Gasteiger partial charge >= 0.3 is 0 Å². The molecule has 1 fully saturated rings. The molecule has 2 aromatic carbocycles. The Labute approximate surface area is 133 Å². The molecule has 0 bridgehead atoms. The van der Waals surface area contributed by atoms with Gasteiger partial charge in [-0.05, 0) is 46.6 Å². The van der Waals surface area contributed by atoms with Crippen molar-refractivity contribution in [1.82, 2.24) is 5.32 Å². The fraction of sp³-hybridized carbons (Fsp3) is 0.294. The summed E-state index contributed by atoms with van der Waals surface area (Å²) in [4.78, 5) is 2.14. The Balaban J connectivity index is 1.89. The highest BCUT2D eigenvalue weighted by atomic mass is 79.9. The van der Waals surface area contributed by atoms with Crippen LogP contribution in [0.15, 0.2) is 53.0 Å². The first-order valence-electron chi connectivity index (χ1n) is 7.23. The van der Waals surface area contributed by atoms with Gasteiger partial charge < -0.3 is 10.2 Å². The minimum atomic E-state index is -0.168. The zero-order valence-corrected chi connectivity index (χ0v) is 13.3. The maximum atomic E-state index is 14.2. The Morgan fingerprint density at radius 2 is 1.90 bits per heavy atom. The fourth-order valence-corrected chi connectivity index (χ4v) is 3.42. The van der Waals surface area contributed by atoms with Crippen LogP contribution in [0, 0.1) is 5.82 Å². The third kappa shape index (κ3) is 3.27. The summed E-state index contributed by atoms with van der Waals surface area (Å²) in [7, 11) is 0. The van der Waals surface area contributed by atoms with Crippen molar-refractivity contribution in [2.24, 2.45) is 0 Å². The van der Waals surface area contributed by atoms with E-state index in [2.05, 4.69) is 38.3 Å². The van der Waals surface area contributed by atoms with Crippen LogP contribution >= 0.6 is 15.9 Å². The van der Waals surface area contributed by atoms with Crippen molar-refractivity contribution >= 4 is 21.6 Å². The number of benzene rings is 2. The monoisotopic (exact) mass is 348 g/mol. The van der Waals surface area contributed by atoms with Crippen molar-refractivity contribution in [3.05, 3.63) is 64.4 Å². The molecule has 1 N–H and O–H groups in total. The molecule has 1 heterocycles. The molecule has 0 aromatic heterocycles. The molecule has 21 heavy (non-hydrogen) atoms. The number of hydrogen-bond donors (Lipinski definition) is 1. The molecule has 2 nitrogen and oxygen atoms in total. The van der Waals surface area contributed by atoms with E-state index in [1.54, 1.807) is 6.07 Å². The second-order valence-electron chi connectivity index (χ2n) is 5.29. The van der Waals surface area contributed by atoms with Gasteiger partial charge in [-0.3, -0.25) is 0 Å². The van der Waals surface area contributed by atoms with Crippen LogP contribution in [0.5, 0.6) is 0 Å². The van der Waals surface area contributed by atoms with E-state index in [1.807, 2.05) is 24.3 Å². The van der Waals surface area contributed by atoms with Crippen LogP contribution in [0.3, 0.4) is 0 Å². The molecule has 110 valence electrons. The summed E-state index contributed by atoms with van der Waals surface area (Å²) in [5.74, 6) is -0.168. The summed E-state index contributed by atoms with van der Waals surface area (Å²) in [5.41, 5.74) is 1.92. The molecule has 3 rings (SSSR count). The van der Waals surface area contributed by atoms with Crippen LogP contribution in [-0.4, -0.2) is 19.6 Å². The molecule has 0 spiro atoms. The molecule has 1 atom stereocenters. The van der Waals surface area contributed by atoms with E-state index in [0.29, 0.717) is 5.69 Å². The Hall–Kier alpha value is -1.39. The smallest absolute Gasteiger partial charge is 0.147 e. The normalized spacial score (nSPS) is 19.3. The average molecular weight is 349 g/mol. The van der Waals surface area contributed by atoms with Gasteiger partial charge in [0.2, 0.25) is 0 Å². The van der Waals surface area contributed by atoms with Crippen LogP contribution in [0.4, 0.5) is 10.1 Å². The van der Waals surface area contributed by atoms with Gasteiger partial charge in [0.15, 0.2) is 0 Å². The summed E-state index contributed by atoms with van der Waals surface area (Å²) in [6.07, 6.45) is 1.00. The molecule has 1 aliphatic rings. The minimum Gasteiger partial charge on any atom is -0.366 e. The molecule has 1 aliphatic heterocycles. The molecular formula is C17H18BrFN2. The van der Waals surface area contributed by atoms with E-state index in [1.165, 1.54) is 11.6 Å². The highest BCUT2D eigenvalue weighted by Crippen LogP contribution is 2.31. The molecule has 4 heteroatoms. The van der Waals surface area contributed by atoms with Crippen LogP contribution < -0.4 is 10.2 Å². The Bertz CT molecular complexity index is 583. The average Bonchev–Trinajstić information content (AvgIpc) is 2.74. The van der Waals surface area contributed by atoms with Crippen LogP contribution in [0.25, 0.3) is 0 Å². The summed E-state index contributed by atoms with van der Waals surface area (Å²) in [5, 5.41) is 3.56. The highest BCUT2D eigenvalue weighted by Gasteiger charge is 2.22. The summed E-state index contributed by atoms with van der Waals surface area (Å²) >= 11 is 3.48. The summed E-state index contributed by atoms with van der Waals surface area (Å²) in [6.45, 7) is 2.57. The van der Waals surface area contributed by atoms with E-state index in [-0.39, 0.29) is 11.9 Å². The number of nitrogens with zero attached hydrogens (tertiary/aromatic N) is 1. The molecule has 2 aromatic rings. The van der Waals surface area contributed by atoms with Gasteiger partial charge in [0.25, 0.3) is 0 Å². The minimum absolute atomic E-state index is 0.168. The zero-order chi connectivity index (χ0) is 14.7. The van der Waals surface area contributed by atoms with Gasteiger partial charge in [-0.15, -0.1) is 0 Å². The second kappa shape index (κ2) is 6.58. The predicted octanol–water partition coefficient (Wildman–Crippen LogP) is 4.13. The third-order valence-corrected chi connectivity index (χ3v) is 4.49. The molecule has 1 unspecified atom stereocenters. The van der Waals surface area contributed by atoms with Crippen molar-refractivity contribution in [3.63, 3.8) is 0 Å². The van der Waals surface area contributed by atoms with E-state index < -0.39 is 0 Å². The highest BCUT2D eigenvalue weighted by molar-refractivity contribution is 9.10. The SMILES string of the molecule is Fc1cccc(Br)c1N1CCCNC(c2ccccc2)C1. The quantitative estimate of drug-likeness (QED) is 0.877. The third-order valence-electron chi connectivity index (χ3n) is 3.85. The van der Waals surface area contributed by atoms with Gasteiger partial charge in [-0.1, -0.05) is 36.4 Å². The fourth-order valence-electron chi connectivity index (χ4n) is 2.83. The molecular weight excluding hydrogens is 331 g/mol. The van der Waals surface area contributed by atoms with Crippen molar-refractivity contribution in [2.45, 2.75) is 12.5 Å². The van der Waals surface area contributed by atoms with Gasteiger partial charge in [-0.25, -0.2) is 4.39 Å². The maximum Gasteiger partial charge on any atom is 0.147 e. The standard InChI is InChI=1S/C17H18BrFN2/c18-14-8-4-9-15(19)17(14)21-11-5-10-20-16(12-21)13-6-2-1-3-7-13/h1-4,6-9,16,20H,5,10-12H2. The largest absolute Gasteiger partial charge is 0.366 e. The van der Waals surface area contributed by atoms with Crippen molar-refractivity contribution < 1.29 is 4.39 Å². The first-order valence-corrected chi connectivity index (χ1v) is 8.02. The molecule has 0 amide bonds. The van der Waals surface area contributed by atoms with Gasteiger partial charge in [-0.2, -0.15) is 0 Å². The number of anilines is 1. The van der Waals surface area contributed by atoms with Crippen molar-refractivity contribution in [3.8, 4) is 0 Å². The molecule has 0 saturated carbocycles. The summed E-state index contributed by atoms with van der Waals surface area (Å²) in [6, 6.07) is 15.7. The van der Waals surface area contributed by atoms with E-state index in [4.69, 9.17) is 0 Å². The number of rotatable bonds is 2. The zero-order valence-electron chi connectivity index (χ0n) is 11.7. The van der Waals surface area contributed by atoms with Crippen LogP contribution in [-0.2, 0) is 0 Å². The number of para-hydroxylation sites is 1. The molecule has 1 saturated heterocycles. The van der Waals surface area contributed by atoms with Crippen molar-refractivity contribution in [1.29, 1.82) is 0 Å². The Morgan fingerprint density at radius 1 is 1.10 bits per heavy atom. The lowest BCUT2D eigenvalue weighted by Gasteiger charge is -2.28. The number of hydrogen-bond acceptors (Lipinski definition) is 2. The Morgan fingerprint density at radius 3 is 2.67 bits per heavy atom. The second-order valence-corrected chi connectivity index (χ2v) is 6.14. The predicted molar refractivity (Wildman–Crippen MR) is 88.1 cm³/mol.